The lowest BCUT2D eigenvalue weighted by atomic mass is 10.1. The highest BCUT2D eigenvalue weighted by atomic mass is 32.2. The van der Waals surface area contributed by atoms with Gasteiger partial charge in [0.1, 0.15) is 0 Å². The third-order valence-electron chi connectivity index (χ3n) is 5.73. The van der Waals surface area contributed by atoms with E-state index in [1.54, 1.807) is 48.5 Å². The molecule has 0 aromatic heterocycles. The number of hydrogen-bond donors (Lipinski definition) is 1. The van der Waals surface area contributed by atoms with Gasteiger partial charge in [0.25, 0.3) is 15.9 Å². The molecular weight excluding hydrogens is 456 g/mol. The van der Waals surface area contributed by atoms with Gasteiger partial charge in [-0.1, -0.05) is 90.0 Å². The Morgan fingerprint density at radius 2 is 1.40 bits per heavy atom. The van der Waals surface area contributed by atoms with E-state index in [9.17, 15) is 13.2 Å². The van der Waals surface area contributed by atoms with Crippen molar-refractivity contribution in [2.45, 2.75) is 31.8 Å². The van der Waals surface area contributed by atoms with Crippen molar-refractivity contribution in [3.8, 4) is 0 Å². The number of carbonyl (C=O) groups is 1. The van der Waals surface area contributed by atoms with Crippen LogP contribution in [0.3, 0.4) is 0 Å². The fourth-order valence-corrected chi connectivity index (χ4v) is 5.34. The highest BCUT2D eigenvalue weighted by Crippen LogP contribution is 2.29. The molecule has 0 fully saturated rings. The zero-order chi connectivity index (χ0) is 24.8. The highest BCUT2D eigenvalue weighted by Gasteiger charge is 2.28. The number of hydrogen-bond acceptors (Lipinski definition) is 3. The SMILES string of the molecule is Cc1ccc(S(=O)(=O)N(Cc2ccccc2)c2ccccc2C(=O)NCc2cccc(C)c2)cc1. The van der Waals surface area contributed by atoms with Gasteiger partial charge in [-0.2, -0.15) is 0 Å². The van der Waals surface area contributed by atoms with E-state index in [0.717, 1.165) is 22.3 Å². The van der Waals surface area contributed by atoms with Gasteiger partial charge < -0.3 is 5.32 Å². The Bertz CT molecular complexity index is 1420. The maximum atomic E-state index is 13.8. The van der Waals surface area contributed by atoms with Crippen LogP contribution in [0.4, 0.5) is 5.69 Å². The molecule has 4 aromatic carbocycles. The minimum Gasteiger partial charge on any atom is -0.348 e. The number of para-hydroxylation sites is 1. The second-order valence-electron chi connectivity index (χ2n) is 8.50. The molecule has 178 valence electrons. The maximum Gasteiger partial charge on any atom is 0.264 e. The predicted molar refractivity (Wildman–Crippen MR) is 140 cm³/mol. The summed E-state index contributed by atoms with van der Waals surface area (Å²) in [6.07, 6.45) is 0. The van der Waals surface area contributed by atoms with Gasteiger partial charge in [-0.3, -0.25) is 9.10 Å². The lowest BCUT2D eigenvalue weighted by molar-refractivity contribution is 0.0951. The molecule has 0 bridgehead atoms. The second-order valence-corrected chi connectivity index (χ2v) is 10.4. The molecule has 4 aromatic rings. The summed E-state index contributed by atoms with van der Waals surface area (Å²) in [6.45, 7) is 4.35. The summed E-state index contributed by atoms with van der Waals surface area (Å²) >= 11 is 0. The summed E-state index contributed by atoms with van der Waals surface area (Å²) in [5.41, 5.74) is 4.50. The van der Waals surface area contributed by atoms with Crippen molar-refractivity contribution in [3.05, 3.63) is 131 Å². The molecule has 0 heterocycles. The van der Waals surface area contributed by atoms with Crippen molar-refractivity contribution in [1.29, 1.82) is 0 Å². The van der Waals surface area contributed by atoms with Crippen LogP contribution in [0.2, 0.25) is 0 Å². The molecule has 0 radical (unpaired) electrons. The smallest absolute Gasteiger partial charge is 0.264 e. The Hall–Kier alpha value is -3.90. The van der Waals surface area contributed by atoms with Crippen LogP contribution < -0.4 is 9.62 Å². The Kier molecular flexibility index (Phi) is 7.32. The van der Waals surface area contributed by atoms with Crippen LogP contribution in [-0.4, -0.2) is 14.3 Å². The van der Waals surface area contributed by atoms with Gasteiger partial charge in [0.2, 0.25) is 0 Å². The number of carbonyl (C=O) groups excluding carboxylic acids is 1. The topological polar surface area (TPSA) is 66.5 Å². The average Bonchev–Trinajstić information content (AvgIpc) is 2.87. The first-order valence-electron chi connectivity index (χ1n) is 11.4. The van der Waals surface area contributed by atoms with Crippen molar-refractivity contribution in [1.82, 2.24) is 5.32 Å². The minimum atomic E-state index is -3.94. The van der Waals surface area contributed by atoms with Crippen LogP contribution in [-0.2, 0) is 23.1 Å². The van der Waals surface area contributed by atoms with Crippen molar-refractivity contribution in [2.75, 3.05) is 4.31 Å². The van der Waals surface area contributed by atoms with E-state index in [4.69, 9.17) is 0 Å². The lowest BCUT2D eigenvalue weighted by Gasteiger charge is -2.26. The van der Waals surface area contributed by atoms with Crippen molar-refractivity contribution >= 4 is 21.6 Å². The predicted octanol–water partition coefficient (Wildman–Crippen LogP) is 5.63. The molecule has 0 aliphatic heterocycles. The molecule has 6 heteroatoms. The van der Waals surface area contributed by atoms with Crippen molar-refractivity contribution in [3.63, 3.8) is 0 Å². The Balaban J connectivity index is 1.72. The number of amides is 1. The van der Waals surface area contributed by atoms with Crippen LogP contribution in [0.25, 0.3) is 0 Å². The van der Waals surface area contributed by atoms with Gasteiger partial charge in [-0.05, 0) is 49.2 Å². The van der Waals surface area contributed by atoms with Crippen LogP contribution in [0.1, 0.15) is 32.6 Å². The molecule has 0 aliphatic rings. The van der Waals surface area contributed by atoms with Gasteiger partial charge in [0, 0.05) is 6.54 Å². The van der Waals surface area contributed by atoms with Crippen LogP contribution in [0.15, 0.2) is 108 Å². The first-order valence-corrected chi connectivity index (χ1v) is 12.8. The molecule has 35 heavy (non-hydrogen) atoms. The van der Waals surface area contributed by atoms with Gasteiger partial charge in [-0.25, -0.2) is 8.42 Å². The molecule has 0 unspecified atom stereocenters. The van der Waals surface area contributed by atoms with E-state index >= 15 is 0 Å². The summed E-state index contributed by atoms with van der Waals surface area (Å²) in [6, 6.07) is 30.8. The van der Waals surface area contributed by atoms with Gasteiger partial charge >= 0.3 is 0 Å². The van der Waals surface area contributed by atoms with E-state index < -0.39 is 10.0 Å². The third-order valence-corrected chi connectivity index (χ3v) is 7.50. The van der Waals surface area contributed by atoms with Crippen LogP contribution in [0.5, 0.6) is 0 Å². The van der Waals surface area contributed by atoms with E-state index in [1.165, 1.54) is 4.31 Å². The zero-order valence-electron chi connectivity index (χ0n) is 19.8. The summed E-state index contributed by atoms with van der Waals surface area (Å²) in [7, 11) is -3.94. The molecule has 4 rings (SSSR count). The molecule has 5 nitrogen and oxygen atoms in total. The number of benzene rings is 4. The van der Waals surface area contributed by atoms with Crippen LogP contribution in [0, 0.1) is 13.8 Å². The van der Waals surface area contributed by atoms with Gasteiger partial charge in [0.15, 0.2) is 0 Å². The van der Waals surface area contributed by atoms with Gasteiger partial charge in [0.05, 0.1) is 22.7 Å². The molecule has 0 saturated carbocycles. The Morgan fingerprint density at radius 3 is 2.11 bits per heavy atom. The van der Waals surface area contributed by atoms with Crippen molar-refractivity contribution in [2.24, 2.45) is 0 Å². The van der Waals surface area contributed by atoms with E-state index in [2.05, 4.69) is 5.32 Å². The fourth-order valence-electron chi connectivity index (χ4n) is 3.87. The summed E-state index contributed by atoms with van der Waals surface area (Å²) in [5, 5.41) is 2.94. The van der Waals surface area contributed by atoms with Gasteiger partial charge in [-0.15, -0.1) is 0 Å². The monoisotopic (exact) mass is 484 g/mol. The number of nitrogens with zero attached hydrogens (tertiary/aromatic N) is 1. The lowest BCUT2D eigenvalue weighted by Crippen LogP contribution is -2.33. The Morgan fingerprint density at radius 1 is 0.743 bits per heavy atom. The molecule has 1 amide bonds. The summed E-state index contributed by atoms with van der Waals surface area (Å²) in [4.78, 5) is 13.4. The second kappa shape index (κ2) is 10.6. The standard InChI is InChI=1S/C29H28N2O3S/c1-22-15-17-26(18-16-22)35(33,34)31(21-24-10-4-3-5-11-24)28-14-7-6-13-27(28)29(32)30-20-25-12-8-9-23(2)19-25/h3-19H,20-21H2,1-2H3,(H,30,32). The number of aryl methyl sites for hydroxylation is 2. The molecule has 0 saturated heterocycles. The summed E-state index contributed by atoms with van der Waals surface area (Å²) in [5.74, 6) is -0.334. The quantitative estimate of drug-likeness (QED) is 0.353. The molecule has 0 atom stereocenters. The number of nitrogens with one attached hydrogen (secondary N) is 1. The average molecular weight is 485 g/mol. The zero-order valence-corrected chi connectivity index (χ0v) is 20.6. The first-order chi connectivity index (χ1) is 16.8. The van der Waals surface area contributed by atoms with E-state index in [0.29, 0.717) is 17.8 Å². The third kappa shape index (κ3) is 5.78. The van der Waals surface area contributed by atoms with Crippen LogP contribution >= 0.6 is 0 Å². The van der Waals surface area contributed by atoms with E-state index in [1.807, 2.05) is 68.4 Å². The molecule has 1 N–H and O–H groups in total. The number of rotatable bonds is 8. The fraction of sp³-hybridized carbons (Fsp3) is 0.138. The molecule has 0 aliphatic carbocycles. The normalized spacial score (nSPS) is 11.1. The molecule has 0 spiro atoms. The van der Waals surface area contributed by atoms with E-state index in [-0.39, 0.29) is 17.3 Å². The first kappa shape index (κ1) is 24.2. The maximum absolute atomic E-state index is 13.8. The minimum absolute atomic E-state index is 0.0965. The Labute approximate surface area is 207 Å². The largest absolute Gasteiger partial charge is 0.348 e. The highest BCUT2D eigenvalue weighted by molar-refractivity contribution is 7.92. The number of sulfonamides is 1. The number of anilines is 1. The molecular formula is C29H28N2O3S. The summed E-state index contributed by atoms with van der Waals surface area (Å²) < 4.78 is 29.0. The van der Waals surface area contributed by atoms with Crippen molar-refractivity contribution < 1.29 is 13.2 Å².